The normalized spacial score (nSPS) is 40.4. The summed E-state index contributed by atoms with van der Waals surface area (Å²) in [5, 5.41) is 0. The fourth-order valence-electron chi connectivity index (χ4n) is 6.66. The van der Waals surface area contributed by atoms with Gasteiger partial charge in [-0.1, -0.05) is 12.5 Å². The number of ether oxygens (including phenoxy) is 2. The van der Waals surface area contributed by atoms with E-state index >= 15 is 0 Å². The molecular formula is C22H31NO4. The van der Waals surface area contributed by atoms with Crippen molar-refractivity contribution in [2.75, 3.05) is 6.54 Å². The van der Waals surface area contributed by atoms with Gasteiger partial charge >= 0.3 is 12.1 Å². The molecule has 0 unspecified atom stereocenters. The van der Waals surface area contributed by atoms with Crippen molar-refractivity contribution < 1.29 is 19.1 Å². The summed E-state index contributed by atoms with van der Waals surface area (Å²) in [6, 6.07) is 0. The number of hydrogen-bond acceptors (Lipinski definition) is 4. The van der Waals surface area contributed by atoms with E-state index in [4.69, 9.17) is 9.47 Å². The lowest BCUT2D eigenvalue weighted by molar-refractivity contribution is -0.153. The minimum atomic E-state index is -0.351. The number of rotatable bonds is 3. The van der Waals surface area contributed by atoms with Crippen LogP contribution in [0.15, 0.2) is 12.3 Å². The van der Waals surface area contributed by atoms with E-state index in [-0.39, 0.29) is 29.7 Å². The van der Waals surface area contributed by atoms with Gasteiger partial charge in [-0.2, -0.15) is 0 Å². The van der Waals surface area contributed by atoms with Gasteiger partial charge in [0.05, 0.1) is 5.92 Å². The van der Waals surface area contributed by atoms with Crippen molar-refractivity contribution in [2.45, 2.75) is 82.3 Å². The predicted molar refractivity (Wildman–Crippen MR) is 99.7 cm³/mol. The van der Waals surface area contributed by atoms with E-state index in [2.05, 4.69) is 0 Å². The zero-order chi connectivity index (χ0) is 18.4. The molecule has 1 atom stereocenters. The van der Waals surface area contributed by atoms with E-state index in [9.17, 15) is 9.59 Å². The third kappa shape index (κ3) is 3.50. The van der Waals surface area contributed by atoms with Crippen LogP contribution in [0.2, 0.25) is 0 Å². The number of amides is 1. The van der Waals surface area contributed by atoms with Crippen LogP contribution in [-0.4, -0.2) is 35.2 Å². The molecule has 5 nitrogen and oxygen atoms in total. The van der Waals surface area contributed by atoms with Crippen molar-refractivity contribution in [1.29, 1.82) is 0 Å². The Morgan fingerprint density at radius 1 is 0.926 bits per heavy atom. The monoisotopic (exact) mass is 373 g/mol. The zero-order valence-electron chi connectivity index (χ0n) is 16.1. The number of hydrogen-bond donors (Lipinski definition) is 0. The van der Waals surface area contributed by atoms with Gasteiger partial charge in [-0.3, -0.25) is 9.69 Å². The van der Waals surface area contributed by atoms with Crippen LogP contribution in [0.4, 0.5) is 4.79 Å². The van der Waals surface area contributed by atoms with Gasteiger partial charge in [0.25, 0.3) is 0 Å². The van der Waals surface area contributed by atoms with Crippen molar-refractivity contribution in [1.82, 2.24) is 4.90 Å². The molecule has 1 aliphatic heterocycles. The Bertz CT molecular complexity index is 601. The van der Waals surface area contributed by atoms with Crippen molar-refractivity contribution in [3.8, 4) is 0 Å². The Balaban J connectivity index is 1.15. The summed E-state index contributed by atoms with van der Waals surface area (Å²) in [6.07, 6.45) is 15.9. The maximum atomic E-state index is 12.8. The standard InChI is InChI=1S/C22H31NO4/c24-20(26-19-4-2-1-3-5-19)18-6-7-23(14-18)21(25)27-22-11-15-8-16(12-22)10-17(9-15)13-22/h6-7,15-19H,1-5,8-14H2/t15?,16?,17?,18-,22?/m1/s1. The molecule has 5 heteroatoms. The van der Waals surface area contributed by atoms with Gasteiger partial charge < -0.3 is 9.47 Å². The molecule has 0 aromatic carbocycles. The smallest absolute Gasteiger partial charge is 0.414 e. The first-order valence-corrected chi connectivity index (χ1v) is 11.0. The quantitative estimate of drug-likeness (QED) is 0.688. The van der Waals surface area contributed by atoms with Crippen LogP contribution < -0.4 is 0 Å². The van der Waals surface area contributed by atoms with Crippen molar-refractivity contribution in [3.05, 3.63) is 12.3 Å². The van der Waals surface area contributed by atoms with Crippen LogP contribution in [0, 0.1) is 23.7 Å². The minimum absolute atomic E-state index is 0.0627. The molecule has 0 aromatic rings. The topological polar surface area (TPSA) is 55.8 Å². The highest BCUT2D eigenvalue weighted by Gasteiger charge is 2.53. The first kappa shape index (κ1) is 17.6. The lowest BCUT2D eigenvalue weighted by atomic mass is 9.54. The summed E-state index contributed by atoms with van der Waals surface area (Å²) < 4.78 is 11.8. The van der Waals surface area contributed by atoms with Gasteiger partial charge in [-0.25, -0.2) is 4.79 Å². The molecule has 148 valence electrons. The number of carbonyl (C=O) groups excluding carboxylic acids is 2. The third-order valence-corrected chi connectivity index (χ3v) is 7.55. The summed E-state index contributed by atoms with van der Waals surface area (Å²) in [5.74, 6) is 1.70. The Morgan fingerprint density at radius 2 is 1.56 bits per heavy atom. The zero-order valence-corrected chi connectivity index (χ0v) is 16.1. The van der Waals surface area contributed by atoms with Gasteiger partial charge in [0.15, 0.2) is 0 Å². The van der Waals surface area contributed by atoms with Crippen molar-refractivity contribution in [2.24, 2.45) is 23.7 Å². The van der Waals surface area contributed by atoms with Gasteiger partial charge in [-0.15, -0.1) is 0 Å². The highest BCUT2D eigenvalue weighted by molar-refractivity contribution is 5.78. The number of carbonyl (C=O) groups is 2. The summed E-state index contributed by atoms with van der Waals surface area (Å²) in [7, 11) is 0. The van der Waals surface area contributed by atoms with Gasteiger partial charge in [0, 0.05) is 12.7 Å². The highest BCUT2D eigenvalue weighted by atomic mass is 16.6. The lowest BCUT2D eigenvalue weighted by Gasteiger charge is -2.55. The van der Waals surface area contributed by atoms with E-state index in [1.165, 1.54) is 25.7 Å². The van der Waals surface area contributed by atoms with Crippen LogP contribution in [0.5, 0.6) is 0 Å². The van der Waals surface area contributed by atoms with Crippen molar-refractivity contribution >= 4 is 12.1 Å². The molecule has 4 bridgehead atoms. The van der Waals surface area contributed by atoms with Crippen LogP contribution >= 0.6 is 0 Å². The largest absolute Gasteiger partial charge is 0.462 e. The van der Waals surface area contributed by atoms with Crippen LogP contribution in [0.25, 0.3) is 0 Å². The van der Waals surface area contributed by atoms with Crippen LogP contribution in [0.1, 0.15) is 70.6 Å². The molecule has 6 rings (SSSR count). The molecule has 1 heterocycles. The van der Waals surface area contributed by atoms with E-state index in [1.807, 2.05) is 0 Å². The fourth-order valence-corrected chi connectivity index (χ4v) is 6.66. The second kappa shape index (κ2) is 6.82. The molecule has 0 N–H and O–H groups in total. The average molecular weight is 373 g/mol. The van der Waals surface area contributed by atoms with Gasteiger partial charge in [-0.05, 0) is 82.0 Å². The number of nitrogens with zero attached hydrogens (tertiary/aromatic N) is 1. The average Bonchev–Trinajstić information content (AvgIpc) is 3.11. The first-order valence-electron chi connectivity index (χ1n) is 11.0. The molecule has 0 spiro atoms. The Hall–Kier alpha value is -1.52. The maximum absolute atomic E-state index is 12.8. The summed E-state index contributed by atoms with van der Waals surface area (Å²) in [4.78, 5) is 26.8. The lowest BCUT2D eigenvalue weighted by Crippen LogP contribution is -2.53. The van der Waals surface area contributed by atoms with Gasteiger partial charge in [0.1, 0.15) is 11.7 Å². The third-order valence-electron chi connectivity index (χ3n) is 7.55. The predicted octanol–water partition coefficient (Wildman–Crippen LogP) is 4.41. The molecule has 0 saturated heterocycles. The molecule has 6 aliphatic rings. The summed E-state index contributed by atoms with van der Waals surface area (Å²) >= 11 is 0. The molecule has 5 saturated carbocycles. The number of esters is 1. The summed E-state index contributed by atoms with van der Waals surface area (Å²) in [6.45, 7) is 0.358. The Morgan fingerprint density at radius 3 is 2.19 bits per heavy atom. The second-order valence-corrected chi connectivity index (χ2v) is 9.77. The van der Waals surface area contributed by atoms with Crippen molar-refractivity contribution in [3.63, 3.8) is 0 Å². The summed E-state index contributed by atoms with van der Waals surface area (Å²) in [5.41, 5.74) is -0.236. The Labute approximate surface area is 161 Å². The van der Waals surface area contributed by atoms with E-state index in [0.29, 0.717) is 6.54 Å². The van der Waals surface area contributed by atoms with E-state index < -0.39 is 0 Å². The molecule has 0 radical (unpaired) electrons. The molecule has 5 fully saturated rings. The fraction of sp³-hybridized carbons (Fsp3) is 0.818. The van der Waals surface area contributed by atoms with Crippen LogP contribution in [0.3, 0.4) is 0 Å². The van der Waals surface area contributed by atoms with E-state index in [1.54, 1.807) is 17.2 Å². The highest BCUT2D eigenvalue weighted by Crippen LogP contribution is 2.57. The molecule has 5 aliphatic carbocycles. The molecule has 27 heavy (non-hydrogen) atoms. The maximum Gasteiger partial charge on any atom is 0.414 e. The minimum Gasteiger partial charge on any atom is -0.462 e. The molecule has 1 amide bonds. The second-order valence-electron chi connectivity index (χ2n) is 9.77. The first-order chi connectivity index (χ1) is 13.1. The molecule has 0 aromatic heterocycles. The van der Waals surface area contributed by atoms with Gasteiger partial charge in [0.2, 0.25) is 0 Å². The molecular weight excluding hydrogens is 342 g/mol. The van der Waals surface area contributed by atoms with E-state index in [0.717, 1.165) is 62.7 Å². The van der Waals surface area contributed by atoms with Crippen LogP contribution in [-0.2, 0) is 14.3 Å². The SMILES string of the molecule is O=C(OC1CCCCC1)[C@@H]1C=CN(C(=O)OC23CC4CC(CC(C4)C2)C3)C1. The Kier molecular flexibility index (Phi) is 4.44.